The topological polar surface area (TPSA) is 74.0 Å². The summed E-state index contributed by atoms with van der Waals surface area (Å²) in [5.41, 5.74) is 21.4. The molecule has 0 saturated heterocycles. The minimum absolute atomic E-state index is 0.828. The highest BCUT2D eigenvalue weighted by molar-refractivity contribution is 6.15. The van der Waals surface area contributed by atoms with E-state index >= 15 is 0 Å². The van der Waals surface area contributed by atoms with Crippen LogP contribution in [0, 0.1) is 0 Å². The smallest absolute Gasteiger partial charge is 0.135 e. The number of pyridine rings is 3. The van der Waals surface area contributed by atoms with Crippen LogP contribution in [0.5, 0.6) is 0 Å². The first kappa shape index (κ1) is 38.7. The molecule has 0 fully saturated rings. The molecule has 1 aliphatic heterocycles. The van der Waals surface area contributed by atoms with Crippen LogP contribution in [0.25, 0.3) is 111 Å². The number of benzene rings is 6. The molecule has 0 N–H and O–H groups in total. The number of nitrogens with zero attached hydrogens (tertiary/aromatic N) is 6. The van der Waals surface area contributed by atoms with Gasteiger partial charge in [0.1, 0.15) is 11.2 Å². The van der Waals surface area contributed by atoms with Gasteiger partial charge >= 0.3 is 0 Å². The molecular formula is C59H40N6O. The van der Waals surface area contributed by atoms with Gasteiger partial charge in [-0.2, -0.15) is 0 Å². The van der Waals surface area contributed by atoms with Gasteiger partial charge in [-0.3, -0.25) is 19.9 Å². The molecule has 0 saturated carbocycles. The lowest BCUT2D eigenvalue weighted by molar-refractivity contribution is 0.669. The number of aromatic nitrogens is 5. The largest absolute Gasteiger partial charge is 0.456 e. The monoisotopic (exact) mass is 848 g/mol. The molecule has 6 aromatic carbocycles. The van der Waals surface area contributed by atoms with Crippen LogP contribution in [-0.2, 0) is 0 Å². The summed E-state index contributed by atoms with van der Waals surface area (Å²) in [5.74, 6) is 0. The summed E-state index contributed by atoms with van der Waals surface area (Å²) in [6.45, 7) is 4.00. The Kier molecular flexibility index (Phi) is 9.41. The van der Waals surface area contributed by atoms with Gasteiger partial charge in [0.2, 0.25) is 0 Å². The molecule has 12 aromatic rings. The van der Waals surface area contributed by atoms with E-state index in [1.165, 1.54) is 0 Å². The fourth-order valence-electron chi connectivity index (χ4n) is 9.57. The Labute approximate surface area is 380 Å². The molecule has 0 radical (unpaired) electrons. The van der Waals surface area contributed by atoms with Crippen LogP contribution in [0.4, 0.5) is 0 Å². The molecule has 13 rings (SSSR count). The van der Waals surface area contributed by atoms with E-state index in [2.05, 4.69) is 159 Å². The number of furan rings is 1. The fourth-order valence-corrected chi connectivity index (χ4v) is 9.57. The van der Waals surface area contributed by atoms with E-state index in [4.69, 9.17) is 19.4 Å². The second-order valence-corrected chi connectivity index (χ2v) is 16.0. The summed E-state index contributed by atoms with van der Waals surface area (Å²) in [7, 11) is 0. The number of hydrogen-bond acceptors (Lipinski definition) is 5. The van der Waals surface area contributed by atoms with Crippen molar-refractivity contribution < 1.29 is 4.42 Å². The number of hydrogen-bond donors (Lipinski definition) is 0. The van der Waals surface area contributed by atoms with E-state index in [-0.39, 0.29) is 0 Å². The van der Waals surface area contributed by atoms with E-state index in [9.17, 15) is 0 Å². The van der Waals surface area contributed by atoms with Crippen molar-refractivity contribution in [3.05, 3.63) is 218 Å². The van der Waals surface area contributed by atoms with Crippen LogP contribution in [0.3, 0.4) is 0 Å². The molecular weight excluding hydrogens is 809 g/mol. The van der Waals surface area contributed by atoms with Gasteiger partial charge in [-0.15, -0.1) is 5.73 Å². The fraction of sp³-hybridized carbons (Fsp3) is 0.0339. The van der Waals surface area contributed by atoms with Gasteiger partial charge in [0.05, 0.1) is 44.5 Å². The number of rotatable bonds is 6. The summed E-state index contributed by atoms with van der Waals surface area (Å²) < 4.78 is 11.1. The van der Waals surface area contributed by atoms with Crippen molar-refractivity contribution >= 4 is 71.5 Å². The van der Waals surface area contributed by atoms with Crippen molar-refractivity contribution in [3.63, 3.8) is 0 Å². The van der Waals surface area contributed by atoms with Crippen LogP contribution < -0.4 is 0 Å². The first-order valence-corrected chi connectivity index (χ1v) is 22.3. The molecule has 66 heavy (non-hydrogen) atoms. The third-order valence-corrected chi connectivity index (χ3v) is 12.4. The quantitative estimate of drug-likeness (QED) is 0.156. The van der Waals surface area contributed by atoms with Crippen molar-refractivity contribution in [1.82, 2.24) is 24.1 Å². The Bertz CT molecular complexity index is 4010. The Hall–Kier alpha value is -8.90. The van der Waals surface area contributed by atoms with E-state index in [1.807, 2.05) is 81.1 Å². The standard InChI is InChI=1S/C57H34N6O.C2H6/c1-2-16-48(58-28-8-1)42-14-5-3-12-40(42)36-20-24-50-46(32-36)56-52(18-10-30-60-56)62(50)38-22-26-54-44(34-38)45-35-39(23-27-55(45)64-54)63-51-25-21-37(33-47(51)57-53(63)19-11-31-61-57)41-13-4-6-15-43(41)49-17-7-9-29-59-49;1-2/h1,3-35H;1-2H3. The maximum atomic E-state index is 6.52. The Morgan fingerprint density at radius 3 is 1.59 bits per heavy atom. The maximum absolute atomic E-state index is 6.52. The van der Waals surface area contributed by atoms with Gasteiger partial charge in [-0.1, -0.05) is 80.6 Å². The molecule has 1 aliphatic rings. The number of aliphatic imine (C=N–C) groups is 1. The highest BCUT2D eigenvalue weighted by Gasteiger charge is 2.20. The van der Waals surface area contributed by atoms with Crippen molar-refractivity contribution in [3.8, 4) is 44.9 Å². The van der Waals surface area contributed by atoms with Gasteiger partial charge in [-0.25, -0.2) is 0 Å². The summed E-state index contributed by atoms with van der Waals surface area (Å²) in [5, 5.41) is 4.22. The van der Waals surface area contributed by atoms with Crippen LogP contribution in [0.1, 0.15) is 19.4 Å². The summed E-state index contributed by atoms with van der Waals surface area (Å²) in [6, 6.07) is 57.5. The first-order valence-electron chi connectivity index (χ1n) is 22.3. The maximum Gasteiger partial charge on any atom is 0.135 e. The van der Waals surface area contributed by atoms with Crippen LogP contribution in [0.15, 0.2) is 222 Å². The molecule has 0 atom stereocenters. The van der Waals surface area contributed by atoms with Crippen LogP contribution >= 0.6 is 0 Å². The lowest BCUT2D eigenvalue weighted by Crippen LogP contribution is -1.99. The molecule has 0 aliphatic carbocycles. The van der Waals surface area contributed by atoms with Gasteiger partial charge < -0.3 is 13.6 Å². The number of fused-ring (bicyclic) bond motifs is 9. The van der Waals surface area contributed by atoms with Crippen molar-refractivity contribution in [2.45, 2.75) is 13.8 Å². The van der Waals surface area contributed by atoms with E-state index in [1.54, 1.807) is 0 Å². The predicted molar refractivity (Wildman–Crippen MR) is 272 cm³/mol. The second kappa shape index (κ2) is 16.0. The summed E-state index contributed by atoms with van der Waals surface area (Å²) in [6.07, 6.45) is 13.1. The second-order valence-electron chi connectivity index (χ2n) is 16.0. The third kappa shape index (κ3) is 6.29. The molecule has 6 aromatic heterocycles. The minimum atomic E-state index is 0.828. The Morgan fingerprint density at radius 2 is 1.00 bits per heavy atom. The Morgan fingerprint density at radius 1 is 0.455 bits per heavy atom. The molecule has 0 unspecified atom stereocenters. The van der Waals surface area contributed by atoms with Crippen molar-refractivity contribution in [2.24, 2.45) is 4.99 Å². The third-order valence-electron chi connectivity index (χ3n) is 12.4. The minimum Gasteiger partial charge on any atom is -0.456 e. The first-order chi connectivity index (χ1) is 32.7. The molecule has 312 valence electrons. The average Bonchev–Trinajstić information content (AvgIpc) is 3.94. The predicted octanol–water partition coefficient (Wildman–Crippen LogP) is 15.0. The lowest BCUT2D eigenvalue weighted by atomic mass is 9.95. The molecule has 0 bridgehead atoms. The molecule has 7 heterocycles. The van der Waals surface area contributed by atoms with Gasteiger partial charge in [0.15, 0.2) is 0 Å². The average molecular weight is 849 g/mol. The Balaban J connectivity index is 0.00000225. The zero-order valence-electron chi connectivity index (χ0n) is 36.2. The molecule has 0 spiro atoms. The highest BCUT2D eigenvalue weighted by atomic mass is 16.3. The highest BCUT2D eigenvalue weighted by Crippen LogP contribution is 2.40. The van der Waals surface area contributed by atoms with Crippen molar-refractivity contribution in [1.29, 1.82) is 0 Å². The summed E-state index contributed by atoms with van der Waals surface area (Å²) >= 11 is 0. The van der Waals surface area contributed by atoms with Gasteiger partial charge in [0.25, 0.3) is 0 Å². The van der Waals surface area contributed by atoms with Gasteiger partial charge in [0, 0.05) is 74.9 Å². The normalized spacial score (nSPS) is 12.4. The zero-order chi connectivity index (χ0) is 44.1. The lowest BCUT2D eigenvalue weighted by Gasteiger charge is -2.11. The van der Waals surface area contributed by atoms with E-state index in [0.717, 1.165) is 122 Å². The van der Waals surface area contributed by atoms with Crippen molar-refractivity contribution in [2.75, 3.05) is 0 Å². The SMILES string of the molecule is C1=CC=CN=C(c2ccccc2-c2ccc3c(c2)c2ncccc2n3-c2ccc3oc4ccc(-n5c6ccc(-c7ccccc7-c7ccccn7)cc6c6ncccc65)cc4c3c2)C=1.CC. The number of allylic oxidation sites excluding steroid dienone is 2. The molecule has 7 nitrogen and oxygen atoms in total. The van der Waals surface area contributed by atoms with E-state index < -0.39 is 0 Å². The molecule has 0 amide bonds. The zero-order valence-corrected chi connectivity index (χ0v) is 36.2. The van der Waals surface area contributed by atoms with Gasteiger partial charge in [-0.05, 0) is 131 Å². The molecule has 7 heteroatoms. The van der Waals surface area contributed by atoms with E-state index in [0.29, 0.717) is 0 Å². The summed E-state index contributed by atoms with van der Waals surface area (Å²) in [4.78, 5) is 19.3. The van der Waals surface area contributed by atoms with Crippen LogP contribution in [-0.4, -0.2) is 29.8 Å². The van der Waals surface area contributed by atoms with Crippen LogP contribution in [0.2, 0.25) is 0 Å².